The number of aromatic hydroxyl groups is 1. The fourth-order valence-electron chi connectivity index (χ4n) is 6.05. The van der Waals surface area contributed by atoms with Gasteiger partial charge in [0.2, 0.25) is 6.79 Å². The molecule has 0 radical (unpaired) electrons. The molecule has 4 heterocycles. The molecule has 0 aromatic heterocycles. The molecule has 248 valence electrons. The van der Waals surface area contributed by atoms with Crippen molar-refractivity contribution in [1.29, 1.82) is 0 Å². The summed E-state index contributed by atoms with van der Waals surface area (Å²) in [4.78, 5) is 33.3. The van der Waals surface area contributed by atoms with Crippen LogP contribution in [0, 0.1) is 0 Å². The fraction of sp³-hybridized carbons (Fsp3) is 0.375. The number of fused-ring (bicyclic) bond motifs is 6. The molecule has 0 bridgehead atoms. The molecule has 0 amide bonds. The number of hydrogen-bond donors (Lipinski definition) is 5. The van der Waals surface area contributed by atoms with Gasteiger partial charge in [-0.15, -0.1) is 0 Å². The number of ether oxygens (including phenoxy) is 6. The molecule has 3 aromatic rings. The first kappa shape index (κ1) is 30.8. The van der Waals surface area contributed by atoms with Crippen molar-refractivity contribution in [3.8, 4) is 34.5 Å². The average Bonchev–Trinajstić information content (AvgIpc) is 3.65. The normalized spacial score (nSPS) is 26.7. The van der Waals surface area contributed by atoms with Crippen LogP contribution in [-0.4, -0.2) is 88.2 Å². The number of carboxylic acids is 1. The van der Waals surface area contributed by atoms with Gasteiger partial charge in [0.25, 0.3) is 0 Å². The summed E-state index contributed by atoms with van der Waals surface area (Å²) in [6.45, 7) is -0.168. The predicted octanol–water partition coefficient (Wildman–Crippen LogP) is 1.46. The Bertz CT molecular complexity index is 1670. The van der Waals surface area contributed by atoms with Gasteiger partial charge in [-0.25, -0.2) is 0 Å². The second-order valence-corrected chi connectivity index (χ2v) is 11.5. The van der Waals surface area contributed by atoms with E-state index >= 15 is 0 Å². The maximum atomic E-state index is 11.6. The number of rotatable bonds is 9. The fourth-order valence-corrected chi connectivity index (χ4v) is 6.05. The van der Waals surface area contributed by atoms with Crippen LogP contribution in [0.15, 0.2) is 48.5 Å². The minimum atomic E-state index is -1.82. The van der Waals surface area contributed by atoms with E-state index in [1.54, 1.807) is 42.5 Å². The Kier molecular flexibility index (Phi) is 8.15. The number of carbonyl (C=O) groups excluding carboxylic acids is 1. The topological polar surface area (TPSA) is 209 Å². The number of carbonyl (C=O) groups is 2. The largest absolute Gasteiger partial charge is 0.508 e. The van der Waals surface area contributed by atoms with Crippen LogP contribution in [0.1, 0.15) is 40.7 Å². The van der Waals surface area contributed by atoms with Crippen LogP contribution >= 0.6 is 0 Å². The summed E-state index contributed by atoms with van der Waals surface area (Å²) in [5, 5.41) is 50.3. The van der Waals surface area contributed by atoms with Gasteiger partial charge in [-0.05, 0) is 35.9 Å². The van der Waals surface area contributed by atoms with E-state index in [4.69, 9.17) is 43.3 Å². The quantitative estimate of drug-likeness (QED) is 0.0957. The van der Waals surface area contributed by atoms with E-state index in [0.29, 0.717) is 47.2 Å². The zero-order valence-corrected chi connectivity index (χ0v) is 24.5. The molecule has 1 fully saturated rings. The lowest BCUT2D eigenvalue weighted by Crippen LogP contribution is -2.59. The van der Waals surface area contributed by atoms with Crippen molar-refractivity contribution in [3.63, 3.8) is 0 Å². The van der Waals surface area contributed by atoms with Crippen LogP contribution in [0.2, 0.25) is 0 Å². The van der Waals surface area contributed by atoms with Crippen molar-refractivity contribution in [3.05, 3.63) is 70.8 Å². The zero-order chi connectivity index (χ0) is 32.8. The van der Waals surface area contributed by atoms with Crippen LogP contribution in [0.4, 0.5) is 0 Å². The molecule has 5 N–H and O–H groups in total. The van der Waals surface area contributed by atoms with Crippen LogP contribution in [0.25, 0.3) is 0 Å². The summed E-state index contributed by atoms with van der Waals surface area (Å²) in [5.74, 6) is 0.0163. The third-order valence-corrected chi connectivity index (χ3v) is 8.36. The molecule has 4 aliphatic rings. The molecule has 0 aliphatic carbocycles. The first-order valence-corrected chi connectivity index (χ1v) is 14.7. The molecule has 7 atom stereocenters. The van der Waals surface area contributed by atoms with E-state index in [9.17, 15) is 30.0 Å². The Morgan fingerprint density at radius 2 is 1.66 bits per heavy atom. The van der Waals surface area contributed by atoms with E-state index in [-0.39, 0.29) is 24.2 Å². The van der Waals surface area contributed by atoms with Gasteiger partial charge >= 0.3 is 11.9 Å². The van der Waals surface area contributed by atoms with Crippen LogP contribution in [-0.2, 0) is 30.4 Å². The summed E-state index contributed by atoms with van der Waals surface area (Å²) in [5.41, 5.74) is 3.11. The van der Waals surface area contributed by atoms with E-state index in [2.05, 4.69) is 0 Å². The first-order valence-electron chi connectivity index (χ1n) is 14.7. The number of esters is 1. The third-order valence-electron chi connectivity index (χ3n) is 8.36. The first-order chi connectivity index (χ1) is 22.6. The van der Waals surface area contributed by atoms with Crippen molar-refractivity contribution in [1.82, 2.24) is 0 Å². The molecule has 0 saturated carbocycles. The molecule has 0 spiro atoms. The highest BCUT2D eigenvalue weighted by Gasteiger charge is 2.47. The highest BCUT2D eigenvalue weighted by molar-refractivity contribution is 5.90. The molecule has 7 rings (SSSR count). The van der Waals surface area contributed by atoms with Crippen molar-refractivity contribution < 1.29 is 73.3 Å². The molecule has 15 nitrogen and oxygen atoms in total. The number of carboxylic acid groups (broad SMARTS) is 1. The van der Waals surface area contributed by atoms with Gasteiger partial charge in [0.05, 0.1) is 12.5 Å². The Balaban J connectivity index is 1.12. The number of benzene rings is 3. The van der Waals surface area contributed by atoms with Gasteiger partial charge < -0.3 is 58.8 Å². The lowest BCUT2D eigenvalue weighted by molar-refractivity contribution is -0.365. The van der Waals surface area contributed by atoms with Gasteiger partial charge in [0.1, 0.15) is 54.7 Å². The standard InChI is InChI=1S/C32H30O15/c33-16-3-1-14(2-4-16)5-15-6-17(46-47-31-28(38)27(37)24(45-32(31)39)12-40-26(36)10-25(34)35)7-19-29(15)41-11-20-18-8-22-23(43-13-42-22)9-21(18)44-30(19)20/h1-4,6-9,20,24,27-28,30-33,37-39H,5,10-13H2,(H,34,35). The summed E-state index contributed by atoms with van der Waals surface area (Å²) < 4.78 is 33.9. The van der Waals surface area contributed by atoms with Crippen molar-refractivity contribution >= 4 is 11.9 Å². The lowest BCUT2D eigenvalue weighted by Gasteiger charge is -2.39. The third kappa shape index (κ3) is 6.06. The maximum Gasteiger partial charge on any atom is 0.317 e. The average molecular weight is 655 g/mol. The van der Waals surface area contributed by atoms with Crippen LogP contribution in [0.5, 0.6) is 34.5 Å². The summed E-state index contributed by atoms with van der Waals surface area (Å²) >= 11 is 0. The van der Waals surface area contributed by atoms with Crippen LogP contribution < -0.4 is 23.8 Å². The summed E-state index contributed by atoms with van der Waals surface area (Å²) in [6, 6.07) is 13.7. The number of phenols is 1. The Hall–Kier alpha value is -4.80. The second kappa shape index (κ2) is 12.4. The highest BCUT2D eigenvalue weighted by atomic mass is 17.2. The molecule has 7 unspecified atom stereocenters. The van der Waals surface area contributed by atoms with E-state index in [1.165, 1.54) is 0 Å². The molecular weight excluding hydrogens is 624 g/mol. The SMILES string of the molecule is O=C(O)CC(=O)OCC1OC(O)C(OOc2cc(Cc3ccc(O)cc3)c3c(c2)C2Oc4cc5c(cc4C2CO3)OCO5)C(O)C1O. The highest BCUT2D eigenvalue weighted by Crippen LogP contribution is 2.55. The van der Waals surface area contributed by atoms with Gasteiger partial charge in [-0.3, -0.25) is 9.59 Å². The Labute approximate surface area is 266 Å². The smallest absolute Gasteiger partial charge is 0.317 e. The Morgan fingerprint density at radius 1 is 0.894 bits per heavy atom. The van der Waals surface area contributed by atoms with Crippen molar-refractivity contribution in [2.24, 2.45) is 0 Å². The summed E-state index contributed by atoms with van der Waals surface area (Å²) in [7, 11) is 0. The minimum absolute atomic E-state index is 0.118. The zero-order valence-electron chi connectivity index (χ0n) is 24.5. The monoisotopic (exact) mass is 654 g/mol. The second-order valence-electron chi connectivity index (χ2n) is 11.5. The van der Waals surface area contributed by atoms with Gasteiger partial charge in [0, 0.05) is 29.2 Å². The molecule has 1 saturated heterocycles. The number of aliphatic carboxylic acids is 1. The molecular formula is C32H30O15. The number of aliphatic hydroxyl groups is 3. The number of aliphatic hydroxyl groups excluding tert-OH is 3. The van der Waals surface area contributed by atoms with Gasteiger partial charge in [-0.1, -0.05) is 12.1 Å². The van der Waals surface area contributed by atoms with Gasteiger partial charge in [-0.2, -0.15) is 4.89 Å². The van der Waals surface area contributed by atoms with E-state index in [0.717, 1.165) is 11.1 Å². The maximum absolute atomic E-state index is 11.6. The number of phenolic OH excluding ortho intramolecular Hbond substituents is 1. The van der Waals surface area contributed by atoms with Crippen molar-refractivity contribution in [2.75, 3.05) is 20.0 Å². The molecule has 3 aromatic carbocycles. The van der Waals surface area contributed by atoms with E-state index < -0.39 is 61.8 Å². The van der Waals surface area contributed by atoms with Gasteiger partial charge in [0.15, 0.2) is 29.6 Å². The van der Waals surface area contributed by atoms with Crippen molar-refractivity contribution in [2.45, 2.75) is 55.6 Å². The minimum Gasteiger partial charge on any atom is -0.508 e. The van der Waals surface area contributed by atoms with E-state index in [1.807, 2.05) is 6.07 Å². The molecule has 15 heteroatoms. The predicted molar refractivity (Wildman–Crippen MR) is 153 cm³/mol. The number of hydrogen-bond acceptors (Lipinski definition) is 14. The lowest BCUT2D eigenvalue weighted by atomic mass is 9.87. The molecule has 47 heavy (non-hydrogen) atoms. The van der Waals surface area contributed by atoms with Crippen LogP contribution in [0.3, 0.4) is 0 Å². The molecule has 4 aliphatic heterocycles. The Morgan fingerprint density at radius 3 is 2.43 bits per heavy atom. The summed E-state index contributed by atoms with van der Waals surface area (Å²) in [6.07, 6.45) is -9.22.